The summed E-state index contributed by atoms with van der Waals surface area (Å²) in [5, 5.41) is 3.31. The molecule has 0 saturated carbocycles. The molecule has 0 aromatic carbocycles. The second-order valence-corrected chi connectivity index (χ2v) is 5.06. The highest BCUT2D eigenvalue weighted by Crippen LogP contribution is 2.23. The Morgan fingerprint density at radius 3 is 2.83 bits per heavy atom. The first-order valence-electron chi connectivity index (χ1n) is 5.96. The molecule has 0 aliphatic rings. The number of nitrogens with zero attached hydrogens (tertiary/aromatic N) is 3. The zero-order valence-corrected chi connectivity index (χ0v) is 12.2. The molecule has 96 valence electrons. The van der Waals surface area contributed by atoms with Crippen LogP contribution in [-0.4, -0.2) is 21.6 Å². The number of hydrogen-bond donors (Lipinski definition) is 1. The molecule has 4 nitrogen and oxygen atoms in total. The van der Waals surface area contributed by atoms with Gasteiger partial charge in [0.25, 0.3) is 0 Å². The molecule has 18 heavy (non-hydrogen) atoms. The van der Waals surface area contributed by atoms with Crippen molar-refractivity contribution in [1.82, 2.24) is 19.9 Å². The van der Waals surface area contributed by atoms with Crippen LogP contribution in [0.15, 0.2) is 35.2 Å². The van der Waals surface area contributed by atoms with Crippen molar-refractivity contribution in [2.75, 3.05) is 7.05 Å². The average molecular weight is 309 g/mol. The molecular weight excluding hydrogens is 292 g/mol. The summed E-state index contributed by atoms with van der Waals surface area (Å²) in [5.74, 6) is 1.10. The van der Waals surface area contributed by atoms with Crippen molar-refractivity contribution in [3.63, 3.8) is 0 Å². The second-order valence-electron chi connectivity index (χ2n) is 4.20. The number of nitrogens with one attached hydrogen (secondary N) is 1. The van der Waals surface area contributed by atoms with Crippen LogP contribution >= 0.6 is 15.9 Å². The van der Waals surface area contributed by atoms with Crippen molar-refractivity contribution in [3.05, 3.63) is 46.7 Å². The highest BCUT2D eigenvalue weighted by atomic mass is 79.9. The van der Waals surface area contributed by atoms with E-state index in [1.165, 1.54) is 0 Å². The van der Waals surface area contributed by atoms with Crippen LogP contribution in [0.4, 0.5) is 0 Å². The minimum atomic E-state index is 0.234. The maximum atomic E-state index is 4.44. The maximum absolute atomic E-state index is 4.44. The monoisotopic (exact) mass is 308 g/mol. The molecule has 0 fully saturated rings. The largest absolute Gasteiger partial charge is 0.338 e. The Balaban J connectivity index is 2.07. The Labute approximate surface area is 116 Å². The Morgan fingerprint density at radius 1 is 1.39 bits per heavy atom. The van der Waals surface area contributed by atoms with Gasteiger partial charge in [-0.3, -0.25) is 4.98 Å². The lowest BCUT2D eigenvalue weighted by atomic mass is 10.1. The zero-order valence-electron chi connectivity index (χ0n) is 10.6. The van der Waals surface area contributed by atoms with Gasteiger partial charge in [0.15, 0.2) is 0 Å². The molecule has 1 N–H and O–H groups in total. The molecule has 0 aliphatic carbocycles. The lowest BCUT2D eigenvalue weighted by molar-refractivity contribution is 0.522. The van der Waals surface area contributed by atoms with Crippen LogP contribution in [0.2, 0.25) is 0 Å². The molecule has 1 unspecified atom stereocenters. The zero-order chi connectivity index (χ0) is 13.0. The third-order valence-corrected chi connectivity index (χ3v) is 3.71. The quantitative estimate of drug-likeness (QED) is 0.922. The van der Waals surface area contributed by atoms with E-state index in [9.17, 15) is 0 Å². The topological polar surface area (TPSA) is 42.7 Å². The molecule has 0 bridgehead atoms. The molecular formula is C13H17BrN4. The molecule has 2 aromatic rings. The van der Waals surface area contributed by atoms with Gasteiger partial charge in [-0.05, 0) is 41.5 Å². The van der Waals surface area contributed by atoms with Crippen molar-refractivity contribution in [2.24, 2.45) is 7.05 Å². The lowest BCUT2D eigenvalue weighted by Crippen LogP contribution is -2.19. The maximum Gasteiger partial charge on any atom is 0.108 e. The number of imidazole rings is 1. The molecule has 5 heteroatoms. The van der Waals surface area contributed by atoms with Gasteiger partial charge in [-0.25, -0.2) is 4.98 Å². The van der Waals surface area contributed by atoms with E-state index in [0.717, 1.165) is 28.8 Å². The molecule has 2 aromatic heterocycles. The summed E-state index contributed by atoms with van der Waals surface area (Å²) >= 11 is 3.55. The summed E-state index contributed by atoms with van der Waals surface area (Å²) in [6.07, 6.45) is 7.53. The van der Waals surface area contributed by atoms with Gasteiger partial charge in [-0.15, -0.1) is 0 Å². The minimum absolute atomic E-state index is 0.234. The first-order chi connectivity index (χ1) is 8.72. The van der Waals surface area contributed by atoms with Gasteiger partial charge in [-0.1, -0.05) is 0 Å². The van der Waals surface area contributed by atoms with Gasteiger partial charge < -0.3 is 9.88 Å². The number of aryl methyl sites for hydroxylation is 2. The van der Waals surface area contributed by atoms with E-state index < -0.39 is 0 Å². The number of pyridine rings is 1. The van der Waals surface area contributed by atoms with E-state index in [-0.39, 0.29) is 6.04 Å². The second kappa shape index (κ2) is 6.11. The average Bonchev–Trinajstić information content (AvgIpc) is 2.78. The van der Waals surface area contributed by atoms with E-state index in [1.807, 2.05) is 44.8 Å². The van der Waals surface area contributed by atoms with Gasteiger partial charge >= 0.3 is 0 Å². The van der Waals surface area contributed by atoms with Crippen LogP contribution < -0.4 is 5.32 Å². The minimum Gasteiger partial charge on any atom is -0.338 e. The molecule has 1 atom stereocenters. The summed E-state index contributed by atoms with van der Waals surface area (Å²) < 4.78 is 3.10. The predicted molar refractivity (Wildman–Crippen MR) is 75.3 cm³/mol. The van der Waals surface area contributed by atoms with Crippen LogP contribution in [-0.2, 0) is 13.5 Å². The summed E-state index contributed by atoms with van der Waals surface area (Å²) in [7, 11) is 3.98. The van der Waals surface area contributed by atoms with Gasteiger partial charge in [0.2, 0.25) is 0 Å². The third kappa shape index (κ3) is 2.97. The van der Waals surface area contributed by atoms with E-state index in [2.05, 4.69) is 35.8 Å². The highest BCUT2D eigenvalue weighted by Gasteiger charge is 2.14. The Bertz CT molecular complexity index is 509. The summed E-state index contributed by atoms with van der Waals surface area (Å²) in [6.45, 7) is 0. The first-order valence-corrected chi connectivity index (χ1v) is 6.75. The Kier molecular flexibility index (Phi) is 4.49. The molecule has 0 saturated heterocycles. The van der Waals surface area contributed by atoms with E-state index in [0.29, 0.717) is 0 Å². The van der Waals surface area contributed by atoms with Gasteiger partial charge in [0.05, 0.1) is 11.7 Å². The Hall–Kier alpha value is -1.20. The van der Waals surface area contributed by atoms with E-state index >= 15 is 0 Å². The van der Waals surface area contributed by atoms with Crippen LogP contribution in [0.5, 0.6) is 0 Å². The number of hydrogen-bond acceptors (Lipinski definition) is 3. The highest BCUT2D eigenvalue weighted by molar-refractivity contribution is 9.10. The van der Waals surface area contributed by atoms with Gasteiger partial charge in [-0.2, -0.15) is 0 Å². The predicted octanol–water partition coefficient (Wildman–Crippen LogP) is 2.47. The fourth-order valence-electron chi connectivity index (χ4n) is 1.98. The Morgan fingerprint density at radius 2 is 2.22 bits per heavy atom. The van der Waals surface area contributed by atoms with E-state index in [4.69, 9.17) is 0 Å². The lowest BCUT2D eigenvalue weighted by Gasteiger charge is -2.16. The molecule has 2 heterocycles. The van der Waals surface area contributed by atoms with Crippen LogP contribution in [0.25, 0.3) is 0 Å². The third-order valence-electron chi connectivity index (χ3n) is 3.04. The number of rotatable bonds is 5. The van der Waals surface area contributed by atoms with Crippen molar-refractivity contribution in [2.45, 2.75) is 18.9 Å². The number of aromatic nitrogens is 3. The first kappa shape index (κ1) is 13.2. The molecule has 0 spiro atoms. The summed E-state index contributed by atoms with van der Waals surface area (Å²) in [4.78, 5) is 8.78. The smallest absolute Gasteiger partial charge is 0.108 e. The fourth-order valence-corrected chi connectivity index (χ4v) is 2.51. The van der Waals surface area contributed by atoms with Crippen molar-refractivity contribution < 1.29 is 0 Å². The van der Waals surface area contributed by atoms with Gasteiger partial charge in [0, 0.05) is 36.5 Å². The molecule has 0 amide bonds. The summed E-state index contributed by atoms with van der Waals surface area (Å²) in [5.41, 5.74) is 1.05. The standard InChI is InChI=1S/C13H17BrN4/c1-15-11(13-10(14)4-3-7-17-13)5-6-12-16-8-9-18(12)2/h3-4,7-9,11,15H,5-6H2,1-2H3. The van der Waals surface area contributed by atoms with Crippen molar-refractivity contribution >= 4 is 15.9 Å². The SMILES string of the molecule is CNC(CCc1nccn1C)c1ncccc1Br. The van der Waals surface area contributed by atoms with Crippen molar-refractivity contribution in [1.29, 1.82) is 0 Å². The summed E-state index contributed by atoms with van der Waals surface area (Å²) in [6, 6.07) is 4.18. The van der Waals surface area contributed by atoms with Gasteiger partial charge in [0.1, 0.15) is 5.82 Å². The fraction of sp³-hybridized carbons (Fsp3) is 0.385. The normalized spacial score (nSPS) is 12.6. The number of halogens is 1. The van der Waals surface area contributed by atoms with Crippen LogP contribution in [0.3, 0.4) is 0 Å². The van der Waals surface area contributed by atoms with Crippen LogP contribution in [0, 0.1) is 0 Å². The van der Waals surface area contributed by atoms with Crippen molar-refractivity contribution in [3.8, 4) is 0 Å². The molecule has 2 rings (SSSR count). The van der Waals surface area contributed by atoms with Crippen LogP contribution in [0.1, 0.15) is 24.0 Å². The molecule has 0 radical (unpaired) electrons. The van der Waals surface area contributed by atoms with E-state index in [1.54, 1.807) is 0 Å². The molecule has 0 aliphatic heterocycles.